The molecular weight excluding hydrogens is 587 g/mol. The van der Waals surface area contributed by atoms with Crippen molar-refractivity contribution in [2.45, 2.75) is 27.4 Å². The highest BCUT2D eigenvalue weighted by molar-refractivity contribution is 9.10. The van der Waals surface area contributed by atoms with Gasteiger partial charge in [-0.1, -0.05) is 24.3 Å². The number of nitrogens with zero attached hydrogens (tertiary/aromatic N) is 1. The van der Waals surface area contributed by atoms with E-state index in [-0.39, 0.29) is 23.9 Å². The van der Waals surface area contributed by atoms with Crippen molar-refractivity contribution in [2.75, 3.05) is 18.5 Å². The van der Waals surface area contributed by atoms with Crippen molar-refractivity contribution in [1.82, 2.24) is 4.90 Å². The molecule has 7 nitrogen and oxygen atoms in total. The number of benzene rings is 3. The average Bonchev–Trinajstić information content (AvgIpc) is 3.14. The van der Waals surface area contributed by atoms with E-state index < -0.39 is 17.1 Å². The van der Waals surface area contributed by atoms with Gasteiger partial charge in [-0.15, -0.1) is 0 Å². The number of aryl methyl sites for hydroxylation is 2. The van der Waals surface area contributed by atoms with Gasteiger partial charge >= 0.3 is 0 Å². The number of hydrogen-bond donors (Lipinski definition) is 1. The summed E-state index contributed by atoms with van der Waals surface area (Å²) in [5.74, 6) is -0.448. The number of amides is 3. The van der Waals surface area contributed by atoms with E-state index in [1.54, 1.807) is 30.3 Å². The van der Waals surface area contributed by atoms with Crippen LogP contribution < -0.4 is 14.8 Å². The molecule has 0 spiro atoms. The van der Waals surface area contributed by atoms with Crippen molar-refractivity contribution < 1.29 is 28.2 Å². The van der Waals surface area contributed by atoms with Crippen LogP contribution in [0.2, 0.25) is 0 Å². The molecule has 1 aliphatic rings. The second-order valence-corrected chi connectivity index (χ2v) is 10.7. The highest BCUT2D eigenvalue weighted by Crippen LogP contribution is 2.39. The summed E-state index contributed by atoms with van der Waals surface area (Å²) in [7, 11) is 0. The molecule has 4 rings (SSSR count). The van der Waals surface area contributed by atoms with Crippen LogP contribution in [0.1, 0.15) is 29.2 Å². The zero-order chi connectivity index (χ0) is 28.1. The number of carbonyl (C=O) groups excluding carboxylic acids is 3. The first-order chi connectivity index (χ1) is 18.6. The Morgan fingerprint density at radius 1 is 1.08 bits per heavy atom. The van der Waals surface area contributed by atoms with Gasteiger partial charge in [0, 0.05) is 5.69 Å². The van der Waals surface area contributed by atoms with Gasteiger partial charge in [0.25, 0.3) is 11.1 Å². The van der Waals surface area contributed by atoms with Gasteiger partial charge in [-0.3, -0.25) is 19.3 Å². The zero-order valence-corrected chi connectivity index (χ0v) is 23.9. The predicted molar refractivity (Wildman–Crippen MR) is 153 cm³/mol. The normalized spacial score (nSPS) is 14.2. The van der Waals surface area contributed by atoms with Crippen LogP contribution in [0.5, 0.6) is 11.5 Å². The molecule has 39 heavy (non-hydrogen) atoms. The number of halogens is 2. The maximum Gasteiger partial charge on any atom is 0.294 e. The Hall–Kier alpha value is -3.63. The van der Waals surface area contributed by atoms with E-state index in [4.69, 9.17) is 9.47 Å². The highest BCUT2D eigenvalue weighted by atomic mass is 79.9. The van der Waals surface area contributed by atoms with Gasteiger partial charge in [0.15, 0.2) is 11.5 Å². The monoisotopic (exact) mass is 612 g/mol. The van der Waals surface area contributed by atoms with Gasteiger partial charge in [0.1, 0.15) is 19.0 Å². The molecule has 0 atom stereocenters. The summed E-state index contributed by atoms with van der Waals surface area (Å²) < 4.78 is 25.5. The summed E-state index contributed by atoms with van der Waals surface area (Å²) in [5, 5.41) is 2.25. The first-order valence-corrected chi connectivity index (χ1v) is 13.7. The van der Waals surface area contributed by atoms with Crippen LogP contribution in [-0.2, 0) is 16.2 Å². The second kappa shape index (κ2) is 12.5. The standard InChI is InChI=1S/C29H26BrFN2O5S/c1-4-37-24-13-20(12-22(30)27(24)38-16-19-7-9-21(31)10-8-19)14-25-28(35)33(29(36)39-25)15-26(34)32-23-11-17(2)5-6-18(23)3/h5-14H,4,15-16H2,1-3H3,(H,32,34)/b25-14-. The fourth-order valence-electron chi connectivity index (χ4n) is 3.80. The molecule has 0 radical (unpaired) electrons. The predicted octanol–water partition coefficient (Wildman–Crippen LogP) is 6.86. The van der Waals surface area contributed by atoms with Crippen LogP contribution in [0.4, 0.5) is 14.9 Å². The molecule has 0 aliphatic carbocycles. The van der Waals surface area contributed by atoms with Crippen molar-refractivity contribution >= 4 is 56.5 Å². The Bertz CT molecular complexity index is 1460. The summed E-state index contributed by atoms with van der Waals surface area (Å²) >= 11 is 4.27. The maximum atomic E-state index is 13.2. The lowest BCUT2D eigenvalue weighted by Gasteiger charge is -2.15. The number of imide groups is 1. The molecule has 3 aromatic rings. The van der Waals surface area contributed by atoms with Crippen molar-refractivity contribution in [2.24, 2.45) is 0 Å². The minimum atomic E-state index is -0.549. The summed E-state index contributed by atoms with van der Waals surface area (Å²) in [6.07, 6.45) is 1.57. The number of nitrogens with one attached hydrogen (secondary N) is 1. The minimum absolute atomic E-state index is 0.189. The summed E-state index contributed by atoms with van der Waals surface area (Å²) in [6.45, 7) is 5.79. The molecule has 1 heterocycles. The first-order valence-electron chi connectivity index (χ1n) is 12.1. The summed E-state index contributed by atoms with van der Waals surface area (Å²) in [5.41, 5.74) is 3.88. The van der Waals surface area contributed by atoms with E-state index in [9.17, 15) is 18.8 Å². The Kier molecular flexibility index (Phi) is 9.08. The van der Waals surface area contributed by atoms with E-state index in [0.29, 0.717) is 33.8 Å². The third-order valence-electron chi connectivity index (χ3n) is 5.77. The topological polar surface area (TPSA) is 84.9 Å². The van der Waals surface area contributed by atoms with Crippen LogP contribution in [-0.4, -0.2) is 35.1 Å². The molecule has 1 saturated heterocycles. The molecule has 3 amide bonds. The SMILES string of the molecule is CCOc1cc(/C=C2\SC(=O)N(CC(=O)Nc3cc(C)ccc3C)C2=O)cc(Br)c1OCc1ccc(F)cc1. The lowest BCUT2D eigenvalue weighted by atomic mass is 10.1. The van der Waals surface area contributed by atoms with Crippen LogP contribution in [0.3, 0.4) is 0 Å². The van der Waals surface area contributed by atoms with E-state index >= 15 is 0 Å². The number of anilines is 1. The van der Waals surface area contributed by atoms with Gasteiger partial charge in [0.2, 0.25) is 5.91 Å². The van der Waals surface area contributed by atoms with E-state index in [1.165, 1.54) is 12.1 Å². The Morgan fingerprint density at radius 3 is 2.54 bits per heavy atom. The van der Waals surface area contributed by atoms with Crippen LogP contribution >= 0.6 is 27.7 Å². The van der Waals surface area contributed by atoms with Crippen molar-refractivity contribution in [3.05, 3.63) is 92.0 Å². The number of rotatable bonds is 9. The first kappa shape index (κ1) is 28.4. The third-order valence-corrected chi connectivity index (χ3v) is 7.26. The van der Waals surface area contributed by atoms with Gasteiger partial charge in [-0.05, 0) is 107 Å². The Morgan fingerprint density at radius 2 is 1.82 bits per heavy atom. The van der Waals surface area contributed by atoms with Gasteiger partial charge in [-0.25, -0.2) is 4.39 Å². The molecule has 1 N–H and O–H groups in total. The average molecular weight is 614 g/mol. The second-order valence-electron chi connectivity index (χ2n) is 8.81. The van der Waals surface area contributed by atoms with Gasteiger partial charge in [-0.2, -0.15) is 0 Å². The summed E-state index contributed by atoms with van der Waals surface area (Å²) in [4.78, 5) is 39.4. The van der Waals surface area contributed by atoms with E-state index in [2.05, 4.69) is 21.2 Å². The lowest BCUT2D eigenvalue weighted by Crippen LogP contribution is -2.36. The molecule has 10 heteroatoms. The fraction of sp³-hybridized carbons (Fsp3) is 0.207. The Labute approximate surface area is 238 Å². The minimum Gasteiger partial charge on any atom is -0.490 e. The quantitative estimate of drug-likeness (QED) is 0.266. The molecule has 0 aromatic heterocycles. The van der Waals surface area contributed by atoms with Gasteiger partial charge in [0.05, 0.1) is 16.0 Å². The van der Waals surface area contributed by atoms with E-state index in [0.717, 1.165) is 33.4 Å². The molecule has 3 aromatic carbocycles. The van der Waals surface area contributed by atoms with Crippen molar-refractivity contribution in [3.63, 3.8) is 0 Å². The van der Waals surface area contributed by atoms with Gasteiger partial charge < -0.3 is 14.8 Å². The number of ether oxygens (including phenoxy) is 2. The van der Waals surface area contributed by atoms with Crippen LogP contribution in [0, 0.1) is 19.7 Å². The Balaban J connectivity index is 1.49. The largest absolute Gasteiger partial charge is 0.490 e. The molecule has 0 unspecified atom stereocenters. The summed E-state index contributed by atoms with van der Waals surface area (Å²) in [6, 6.07) is 15.1. The molecule has 1 fully saturated rings. The van der Waals surface area contributed by atoms with Crippen molar-refractivity contribution in [1.29, 1.82) is 0 Å². The highest BCUT2D eigenvalue weighted by Gasteiger charge is 2.36. The lowest BCUT2D eigenvalue weighted by molar-refractivity contribution is -0.127. The maximum absolute atomic E-state index is 13.2. The van der Waals surface area contributed by atoms with Crippen LogP contribution in [0.25, 0.3) is 6.08 Å². The van der Waals surface area contributed by atoms with Crippen LogP contribution in [0.15, 0.2) is 64.0 Å². The third kappa shape index (κ3) is 7.07. The fourth-order valence-corrected chi connectivity index (χ4v) is 5.21. The molecule has 0 bridgehead atoms. The molecular formula is C29H26BrFN2O5S. The molecule has 1 aliphatic heterocycles. The number of thioether (sulfide) groups is 1. The van der Waals surface area contributed by atoms with Crippen molar-refractivity contribution in [3.8, 4) is 11.5 Å². The zero-order valence-electron chi connectivity index (χ0n) is 21.5. The number of hydrogen-bond acceptors (Lipinski definition) is 6. The number of carbonyl (C=O) groups is 3. The molecule has 202 valence electrons. The van der Waals surface area contributed by atoms with E-state index in [1.807, 2.05) is 39.0 Å². The smallest absolute Gasteiger partial charge is 0.294 e. The molecule has 0 saturated carbocycles.